The molecule has 1 aliphatic carbocycles. The second kappa shape index (κ2) is 10.3. The van der Waals surface area contributed by atoms with Gasteiger partial charge in [-0.1, -0.05) is 76.9 Å². The average molecular weight is 519 g/mol. The molecule has 6 rings (SSSR count). The Morgan fingerprint density at radius 2 is 1.53 bits per heavy atom. The van der Waals surface area contributed by atoms with Crippen LogP contribution in [0, 0.1) is 0 Å². The van der Waals surface area contributed by atoms with Crippen molar-refractivity contribution < 1.29 is 9.26 Å². The van der Waals surface area contributed by atoms with Crippen molar-refractivity contribution in [2.45, 2.75) is 44.3 Å². The van der Waals surface area contributed by atoms with Gasteiger partial charge in [0.2, 0.25) is 0 Å². The minimum Gasteiger partial charge on any atom is -0.373 e. The molecule has 1 saturated carbocycles. The largest absolute Gasteiger partial charge is 0.373 e. The van der Waals surface area contributed by atoms with Crippen molar-refractivity contribution in [1.29, 1.82) is 0 Å². The Hall–Kier alpha value is -2.79. The Kier molecular flexibility index (Phi) is 6.75. The second-order valence-electron chi connectivity index (χ2n) is 9.66. The van der Waals surface area contributed by atoms with Crippen LogP contribution in [0.5, 0.6) is 0 Å². The van der Waals surface area contributed by atoms with Crippen molar-refractivity contribution in [3.8, 4) is 22.4 Å². The molecule has 0 atom stereocenters. The molecule has 2 aliphatic rings. The predicted molar refractivity (Wildman–Crippen MR) is 146 cm³/mol. The molecular weight excluding hydrogens is 491 g/mol. The van der Waals surface area contributed by atoms with E-state index in [1.54, 1.807) is 0 Å². The van der Waals surface area contributed by atoms with Gasteiger partial charge < -0.3 is 14.2 Å². The van der Waals surface area contributed by atoms with E-state index in [4.69, 9.17) is 32.5 Å². The van der Waals surface area contributed by atoms with Gasteiger partial charge in [-0.3, -0.25) is 0 Å². The molecule has 2 heterocycles. The fourth-order valence-electron chi connectivity index (χ4n) is 5.04. The summed E-state index contributed by atoms with van der Waals surface area (Å²) in [7, 11) is 0. The van der Waals surface area contributed by atoms with Crippen LogP contribution in [0.2, 0.25) is 10.0 Å². The Morgan fingerprint density at radius 3 is 2.25 bits per heavy atom. The Labute approximate surface area is 221 Å². The summed E-state index contributed by atoms with van der Waals surface area (Å²) in [5.41, 5.74) is 6.18. The molecule has 1 saturated heterocycles. The average Bonchev–Trinajstić information content (AvgIpc) is 3.68. The lowest BCUT2D eigenvalue weighted by atomic mass is 10.0. The van der Waals surface area contributed by atoms with Gasteiger partial charge in [-0.2, -0.15) is 0 Å². The summed E-state index contributed by atoms with van der Waals surface area (Å²) in [5, 5.41) is 5.53. The number of nitrogens with zero attached hydrogens (tertiary/aromatic N) is 2. The number of piperidine rings is 1. The van der Waals surface area contributed by atoms with Gasteiger partial charge in [0.05, 0.1) is 22.8 Å². The van der Waals surface area contributed by atoms with E-state index < -0.39 is 0 Å². The van der Waals surface area contributed by atoms with Crippen molar-refractivity contribution in [3.63, 3.8) is 0 Å². The molecule has 0 bridgehead atoms. The molecule has 1 aliphatic heterocycles. The summed E-state index contributed by atoms with van der Waals surface area (Å²) in [5.74, 6) is 1.35. The summed E-state index contributed by atoms with van der Waals surface area (Å²) in [6.45, 7) is 2.39. The number of hydrogen-bond acceptors (Lipinski definition) is 4. The topological polar surface area (TPSA) is 38.5 Å². The molecule has 0 N–H and O–H groups in total. The van der Waals surface area contributed by atoms with E-state index in [1.807, 2.05) is 18.2 Å². The number of aromatic nitrogens is 1. The lowest BCUT2D eigenvalue weighted by Crippen LogP contribution is -2.37. The Balaban J connectivity index is 1.13. The van der Waals surface area contributed by atoms with E-state index in [0.29, 0.717) is 28.3 Å². The molecule has 0 unspecified atom stereocenters. The zero-order valence-corrected chi connectivity index (χ0v) is 21.5. The van der Waals surface area contributed by atoms with Gasteiger partial charge in [0.1, 0.15) is 11.5 Å². The molecular formula is C30H28Cl2N2O2. The van der Waals surface area contributed by atoms with Crippen LogP contribution in [0.25, 0.3) is 22.4 Å². The van der Waals surface area contributed by atoms with Crippen LogP contribution in [0.15, 0.2) is 77.3 Å². The number of rotatable bonds is 7. The number of halogens is 2. The third-order valence-corrected chi connectivity index (χ3v) is 7.82. The van der Waals surface area contributed by atoms with Gasteiger partial charge in [-0.25, -0.2) is 0 Å². The normalized spacial score (nSPS) is 16.4. The van der Waals surface area contributed by atoms with Crippen LogP contribution >= 0.6 is 23.2 Å². The number of anilines is 1. The molecule has 4 nitrogen and oxygen atoms in total. The van der Waals surface area contributed by atoms with E-state index in [2.05, 4.69) is 64.7 Å². The molecule has 6 heteroatoms. The van der Waals surface area contributed by atoms with Gasteiger partial charge >= 0.3 is 0 Å². The van der Waals surface area contributed by atoms with Crippen LogP contribution < -0.4 is 4.90 Å². The second-order valence-corrected chi connectivity index (χ2v) is 10.5. The quantitative estimate of drug-likeness (QED) is 0.246. The molecule has 0 amide bonds. The molecule has 36 heavy (non-hydrogen) atoms. The van der Waals surface area contributed by atoms with Crippen LogP contribution in [-0.2, 0) is 11.3 Å². The third kappa shape index (κ3) is 4.90. The van der Waals surface area contributed by atoms with Gasteiger partial charge in [-0.15, -0.1) is 0 Å². The summed E-state index contributed by atoms with van der Waals surface area (Å²) < 4.78 is 12.2. The fraction of sp³-hybridized carbons (Fsp3) is 0.300. The molecule has 184 valence electrons. The first-order valence-electron chi connectivity index (χ1n) is 12.6. The summed E-state index contributed by atoms with van der Waals surface area (Å²) in [6.07, 6.45) is 4.38. The maximum absolute atomic E-state index is 6.50. The van der Waals surface area contributed by atoms with Crippen LogP contribution in [0.3, 0.4) is 0 Å². The molecule has 0 radical (unpaired) electrons. The first-order valence-corrected chi connectivity index (χ1v) is 13.4. The van der Waals surface area contributed by atoms with Gasteiger partial charge in [-0.05, 0) is 61.1 Å². The van der Waals surface area contributed by atoms with Crippen molar-refractivity contribution in [3.05, 3.63) is 94.2 Å². The fourth-order valence-corrected chi connectivity index (χ4v) is 5.62. The first-order chi connectivity index (χ1) is 17.7. The SMILES string of the molecule is Clc1cccc(Cl)c1-c1noc(C2CC2)c1COC1CCN(c2cccc(-c3ccccc3)c2)CC1. The van der Waals surface area contributed by atoms with Crippen molar-refractivity contribution in [2.75, 3.05) is 18.0 Å². The monoisotopic (exact) mass is 518 g/mol. The molecule has 0 spiro atoms. The minimum atomic E-state index is 0.190. The maximum Gasteiger partial charge on any atom is 0.145 e. The molecule has 2 fully saturated rings. The molecule has 1 aromatic heterocycles. The Morgan fingerprint density at radius 1 is 0.833 bits per heavy atom. The van der Waals surface area contributed by atoms with E-state index in [9.17, 15) is 0 Å². The van der Waals surface area contributed by atoms with Crippen LogP contribution in [0.1, 0.15) is 42.9 Å². The van der Waals surface area contributed by atoms with Crippen LogP contribution in [-0.4, -0.2) is 24.4 Å². The lowest BCUT2D eigenvalue weighted by Gasteiger charge is -2.33. The number of ether oxygens (including phenoxy) is 1. The highest BCUT2D eigenvalue weighted by Gasteiger charge is 2.34. The van der Waals surface area contributed by atoms with Gasteiger partial charge in [0.15, 0.2) is 0 Å². The summed E-state index contributed by atoms with van der Waals surface area (Å²) in [4.78, 5) is 2.45. The lowest BCUT2D eigenvalue weighted by molar-refractivity contribution is 0.0246. The summed E-state index contributed by atoms with van der Waals surface area (Å²) >= 11 is 13.0. The van der Waals surface area contributed by atoms with E-state index in [0.717, 1.165) is 55.7 Å². The van der Waals surface area contributed by atoms with E-state index in [-0.39, 0.29) is 6.10 Å². The van der Waals surface area contributed by atoms with Crippen molar-refractivity contribution >= 4 is 28.9 Å². The van der Waals surface area contributed by atoms with Crippen molar-refractivity contribution in [1.82, 2.24) is 5.16 Å². The van der Waals surface area contributed by atoms with Gasteiger partial charge in [0.25, 0.3) is 0 Å². The predicted octanol–water partition coefficient (Wildman–Crippen LogP) is 8.38. The van der Waals surface area contributed by atoms with Crippen molar-refractivity contribution in [2.24, 2.45) is 0 Å². The van der Waals surface area contributed by atoms with Gasteiger partial charge in [0, 0.05) is 35.8 Å². The smallest absolute Gasteiger partial charge is 0.145 e. The van der Waals surface area contributed by atoms with E-state index >= 15 is 0 Å². The first kappa shape index (κ1) is 23.6. The zero-order valence-electron chi connectivity index (χ0n) is 20.0. The highest BCUT2D eigenvalue weighted by Crippen LogP contribution is 2.46. The third-order valence-electron chi connectivity index (χ3n) is 7.19. The molecule has 4 aromatic rings. The number of benzene rings is 3. The number of hydrogen-bond donors (Lipinski definition) is 0. The van der Waals surface area contributed by atoms with E-state index in [1.165, 1.54) is 16.8 Å². The Bertz CT molecular complexity index is 1320. The minimum absolute atomic E-state index is 0.190. The summed E-state index contributed by atoms with van der Waals surface area (Å²) in [6, 6.07) is 24.9. The zero-order chi connectivity index (χ0) is 24.5. The van der Waals surface area contributed by atoms with Crippen LogP contribution in [0.4, 0.5) is 5.69 Å². The molecule has 3 aromatic carbocycles. The maximum atomic E-state index is 6.50. The standard InChI is InChI=1S/C30H28Cl2N2O2/c31-26-10-5-11-27(32)28(26)29-25(30(36-33-29)21-12-13-21)19-35-24-14-16-34(17-15-24)23-9-4-8-22(18-23)20-6-2-1-3-7-20/h1-11,18,21,24H,12-17,19H2. The highest BCUT2D eigenvalue weighted by atomic mass is 35.5. The highest BCUT2D eigenvalue weighted by molar-refractivity contribution is 6.39.